The molecule has 0 saturated carbocycles. The molecule has 1 atom stereocenters. The summed E-state index contributed by atoms with van der Waals surface area (Å²) in [5, 5.41) is 0. The normalized spacial score (nSPS) is 12.2. The molecule has 0 aromatic heterocycles. The van der Waals surface area contributed by atoms with E-state index in [1.165, 1.54) is 12.1 Å². The zero-order valence-electron chi connectivity index (χ0n) is 11.9. The molecule has 1 unspecified atom stereocenters. The number of halogens is 1. The van der Waals surface area contributed by atoms with E-state index >= 15 is 0 Å². The van der Waals surface area contributed by atoms with E-state index in [0.717, 1.165) is 28.0 Å². The van der Waals surface area contributed by atoms with E-state index < -0.39 is 0 Å². The van der Waals surface area contributed by atoms with Crippen molar-refractivity contribution in [1.82, 2.24) is 5.43 Å². The van der Waals surface area contributed by atoms with Gasteiger partial charge in [-0.3, -0.25) is 5.84 Å². The summed E-state index contributed by atoms with van der Waals surface area (Å²) in [7, 11) is 1.64. The summed E-state index contributed by atoms with van der Waals surface area (Å²) in [4.78, 5) is 0. The zero-order chi connectivity index (χ0) is 14.7. The highest BCUT2D eigenvalue weighted by molar-refractivity contribution is 5.43. The van der Waals surface area contributed by atoms with Crippen molar-refractivity contribution in [2.45, 2.75) is 19.9 Å². The molecular weight excluding hydrogens is 255 g/mol. The number of hydrogen-bond acceptors (Lipinski definition) is 3. The minimum Gasteiger partial charge on any atom is -0.496 e. The Labute approximate surface area is 118 Å². The number of ether oxygens (including phenoxy) is 1. The smallest absolute Gasteiger partial charge is 0.123 e. The third-order valence-electron chi connectivity index (χ3n) is 3.47. The van der Waals surface area contributed by atoms with Crippen molar-refractivity contribution < 1.29 is 9.13 Å². The van der Waals surface area contributed by atoms with E-state index in [9.17, 15) is 4.39 Å². The van der Waals surface area contributed by atoms with Crippen molar-refractivity contribution in [3.05, 3.63) is 64.5 Å². The molecule has 3 N–H and O–H groups in total. The molecule has 0 heterocycles. The van der Waals surface area contributed by atoms with Crippen LogP contribution >= 0.6 is 0 Å². The highest BCUT2D eigenvalue weighted by Gasteiger charge is 2.16. The molecule has 106 valence electrons. The maximum Gasteiger partial charge on any atom is 0.123 e. The predicted octanol–water partition coefficient (Wildman–Crippen LogP) is 3.00. The standard InChI is InChI=1S/C16H19FN2O/c1-10-4-5-12(9-15(10)20-3)16(19-18)14-7-6-13(17)8-11(14)2/h4-9,16,19H,18H2,1-3H3. The molecule has 2 aromatic carbocycles. The van der Waals surface area contributed by atoms with Crippen LogP contribution in [0, 0.1) is 19.7 Å². The third kappa shape index (κ3) is 2.81. The van der Waals surface area contributed by atoms with Crippen LogP contribution in [0.5, 0.6) is 5.75 Å². The van der Waals surface area contributed by atoms with E-state index in [1.54, 1.807) is 13.2 Å². The summed E-state index contributed by atoms with van der Waals surface area (Å²) in [6, 6.07) is 10.4. The second-order valence-corrected chi connectivity index (χ2v) is 4.83. The van der Waals surface area contributed by atoms with Crippen LogP contribution in [0.25, 0.3) is 0 Å². The van der Waals surface area contributed by atoms with E-state index in [0.29, 0.717) is 0 Å². The highest BCUT2D eigenvalue weighted by Crippen LogP contribution is 2.28. The molecule has 0 aliphatic carbocycles. The third-order valence-corrected chi connectivity index (χ3v) is 3.47. The van der Waals surface area contributed by atoms with Gasteiger partial charge in [0.05, 0.1) is 13.2 Å². The van der Waals surface area contributed by atoms with Gasteiger partial charge in [0.1, 0.15) is 11.6 Å². The van der Waals surface area contributed by atoms with Crippen LogP contribution < -0.4 is 16.0 Å². The van der Waals surface area contributed by atoms with Gasteiger partial charge >= 0.3 is 0 Å². The number of nitrogens with one attached hydrogen (secondary N) is 1. The number of methoxy groups -OCH3 is 1. The molecule has 4 heteroatoms. The van der Waals surface area contributed by atoms with Gasteiger partial charge < -0.3 is 4.74 Å². The fraction of sp³-hybridized carbons (Fsp3) is 0.250. The summed E-state index contributed by atoms with van der Waals surface area (Å²) in [6.07, 6.45) is 0. The van der Waals surface area contributed by atoms with Gasteiger partial charge in [-0.25, -0.2) is 9.82 Å². The molecule has 3 nitrogen and oxygen atoms in total. The van der Waals surface area contributed by atoms with Gasteiger partial charge in [0.25, 0.3) is 0 Å². The minimum absolute atomic E-state index is 0.204. The largest absolute Gasteiger partial charge is 0.496 e. The van der Waals surface area contributed by atoms with Crippen LogP contribution in [0.1, 0.15) is 28.3 Å². The number of nitrogens with two attached hydrogens (primary N) is 1. The lowest BCUT2D eigenvalue weighted by Gasteiger charge is -2.20. The Morgan fingerprint density at radius 1 is 1.10 bits per heavy atom. The van der Waals surface area contributed by atoms with Crippen molar-refractivity contribution in [2.75, 3.05) is 7.11 Å². The van der Waals surface area contributed by atoms with Crippen molar-refractivity contribution in [2.24, 2.45) is 5.84 Å². The average molecular weight is 274 g/mol. The van der Waals surface area contributed by atoms with Crippen LogP contribution in [0.2, 0.25) is 0 Å². The van der Waals surface area contributed by atoms with E-state index in [4.69, 9.17) is 10.6 Å². The average Bonchev–Trinajstić information content (AvgIpc) is 2.43. The first-order chi connectivity index (χ1) is 9.56. The van der Waals surface area contributed by atoms with Gasteiger partial charge in [-0.1, -0.05) is 18.2 Å². The first-order valence-electron chi connectivity index (χ1n) is 6.43. The van der Waals surface area contributed by atoms with Gasteiger partial charge in [0.2, 0.25) is 0 Å². The minimum atomic E-state index is -0.247. The van der Waals surface area contributed by atoms with Gasteiger partial charge in [-0.15, -0.1) is 0 Å². The van der Waals surface area contributed by atoms with Crippen molar-refractivity contribution in [3.8, 4) is 5.75 Å². The molecule has 0 bridgehead atoms. The van der Waals surface area contributed by atoms with Crippen LogP contribution in [-0.4, -0.2) is 7.11 Å². The molecule has 0 radical (unpaired) electrons. The number of benzene rings is 2. The molecule has 0 aliphatic heterocycles. The van der Waals surface area contributed by atoms with Crippen LogP contribution in [-0.2, 0) is 0 Å². The van der Waals surface area contributed by atoms with Crippen LogP contribution in [0.15, 0.2) is 36.4 Å². The number of aryl methyl sites for hydroxylation is 2. The topological polar surface area (TPSA) is 47.3 Å². The van der Waals surface area contributed by atoms with E-state index in [2.05, 4.69) is 5.43 Å². The number of hydrogen-bond donors (Lipinski definition) is 2. The Kier molecular flexibility index (Phi) is 4.37. The van der Waals surface area contributed by atoms with Crippen molar-refractivity contribution in [1.29, 1.82) is 0 Å². The molecule has 2 aromatic rings. The quantitative estimate of drug-likeness (QED) is 0.665. The molecule has 0 amide bonds. The lowest BCUT2D eigenvalue weighted by atomic mass is 9.94. The van der Waals surface area contributed by atoms with Gasteiger partial charge in [-0.2, -0.15) is 0 Å². The zero-order valence-corrected chi connectivity index (χ0v) is 11.9. The molecule has 0 spiro atoms. The van der Waals surface area contributed by atoms with Gasteiger partial charge in [0.15, 0.2) is 0 Å². The SMILES string of the molecule is COc1cc(C(NN)c2ccc(F)cc2C)ccc1C. The van der Waals surface area contributed by atoms with Gasteiger partial charge in [0, 0.05) is 0 Å². The second kappa shape index (κ2) is 6.03. The predicted molar refractivity (Wildman–Crippen MR) is 78.0 cm³/mol. The van der Waals surface area contributed by atoms with Crippen LogP contribution in [0.3, 0.4) is 0 Å². The Bertz CT molecular complexity index is 613. The summed E-state index contributed by atoms with van der Waals surface area (Å²) >= 11 is 0. The lowest BCUT2D eigenvalue weighted by molar-refractivity contribution is 0.410. The lowest BCUT2D eigenvalue weighted by Crippen LogP contribution is -2.29. The summed E-state index contributed by atoms with van der Waals surface area (Å²) in [6.45, 7) is 3.85. The fourth-order valence-corrected chi connectivity index (χ4v) is 2.34. The summed E-state index contributed by atoms with van der Waals surface area (Å²) < 4.78 is 18.6. The molecule has 0 fully saturated rings. The van der Waals surface area contributed by atoms with Crippen molar-refractivity contribution in [3.63, 3.8) is 0 Å². The van der Waals surface area contributed by atoms with E-state index in [1.807, 2.05) is 32.0 Å². The molecule has 20 heavy (non-hydrogen) atoms. The maximum absolute atomic E-state index is 13.2. The van der Waals surface area contributed by atoms with Crippen LogP contribution in [0.4, 0.5) is 4.39 Å². The van der Waals surface area contributed by atoms with Gasteiger partial charge in [-0.05, 0) is 54.3 Å². The molecule has 2 rings (SSSR count). The Hall–Kier alpha value is -1.91. The second-order valence-electron chi connectivity index (χ2n) is 4.83. The van der Waals surface area contributed by atoms with E-state index in [-0.39, 0.29) is 11.9 Å². The Balaban J connectivity index is 2.46. The number of hydrazine groups is 1. The molecule has 0 aliphatic rings. The monoisotopic (exact) mass is 274 g/mol. The maximum atomic E-state index is 13.2. The highest BCUT2D eigenvalue weighted by atomic mass is 19.1. The molecular formula is C16H19FN2O. The Morgan fingerprint density at radius 2 is 1.85 bits per heavy atom. The molecule has 0 saturated heterocycles. The summed E-state index contributed by atoms with van der Waals surface area (Å²) in [5.41, 5.74) is 6.62. The summed E-state index contributed by atoms with van der Waals surface area (Å²) in [5.74, 6) is 6.25. The Morgan fingerprint density at radius 3 is 2.45 bits per heavy atom. The first-order valence-corrected chi connectivity index (χ1v) is 6.43. The van der Waals surface area contributed by atoms with Crippen molar-refractivity contribution >= 4 is 0 Å². The fourth-order valence-electron chi connectivity index (χ4n) is 2.34. The first kappa shape index (κ1) is 14.5. The number of rotatable bonds is 4.